The summed E-state index contributed by atoms with van der Waals surface area (Å²) in [6, 6.07) is -0.0519. The van der Waals surface area contributed by atoms with Crippen LogP contribution in [0.5, 0.6) is 0 Å². The van der Waals surface area contributed by atoms with E-state index in [1.54, 1.807) is 18.9 Å². The van der Waals surface area contributed by atoms with Crippen LogP contribution in [0, 0.1) is 5.92 Å². The van der Waals surface area contributed by atoms with Crippen LogP contribution in [-0.2, 0) is 11.0 Å². The van der Waals surface area contributed by atoms with Crippen molar-refractivity contribution in [2.75, 3.05) is 13.1 Å². The number of alkyl halides is 3. The Bertz CT molecular complexity index is 553. The molecule has 21 heavy (non-hydrogen) atoms. The fraction of sp³-hybridized carbons (Fsp3) is 0.583. The van der Waals surface area contributed by atoms with Crippen LogP contribution in [-0.4, -0.2) is 46.0 Å². The van der Waals surface area contributed by atoms with E-state index >= 15 is 0 Å². The van der Waals surface area contributed by atoms with Gasteiger partial charge in [-0.25, -0.2) is 0 Å². The van der Waals surface area contributed by atoms with Gasteiger partial charge in [0, 0.05) is 19.2 Å². The number of nitrogens with zero attached hydrogens (tertiary/aromatic N) is 2. The first kappa shape index (κ1) is 15.3. The normalized spacial score (nSPS) is 19.8. The molecule has 1 aliphatic heterocycles. The predicted molar refractivity (Wildman–Crippen MR) is 66.3 cm³/mol. The molecule has 116 valence electrons. The molecule has 2 rings (SSSR count). The highest BCUT2D eigenvalue weighted by Crippen LogP contribution is 2.28. The molecule has 0 saturated carbocycles. The Morgan fingerprint density at radius 1 is 1.48 bits per heavy atom. The van der Waals surface area contributed by atoms with Crippen LogP contribution in [0.25, 0.3) is 0 Å². The minimum Gasteiger partial charge on any atom is -0.353 e. The zero-order valence-electron chi connectivity index (χ0n) is 11.5. The SMILES string of the molecule is CC(C)C1C(=O)NCCN1C(=O)c1cc(C(F)(F)F)[nH]n1. The van der Waals surface area contributed by atoms with E-state index in [0.29, 0.717) is 6.07 Å². The lowest BCUT2D eigenvalue weighted by Gasteiger charge is -2.36. The van der Waals surface area contributed by atoms with Gasteiger partial charge in [-0.2, -0.15) is 18.3 Å². The highest BCUT2D eigenvalue weighted by molar-refractivity contribution is 5.97. The quantitative estimate of drug-likeness (QED) is 0.856. The maximum Gasteiger partial charge on any atom is 0.432 e. The van der Waals surface area contributed by atoms with E-state index in [0.717, 1.165) is 0 Å². The number of carbonyl (C=O) groups is 2. The van der Waals surface area contributed by atoms with E-state index < -0.39 is 23.8 Å². The molecule has 9 heteroatoms. The molecule has 1 aliphatic rings. The second-order valence-corrected chi connectivity index (χ2v) is 5.14. The summed E-state index contributed by atoms with van der Waals surface area (Å²) >= 11 is 0. The smallest absolute Gasteiger partial charge is 0.353 e. The van der Waals surface area contributed by atoms with E-state index in [4.69, 9.17) is 0 Å². The molecule has 0 aliphatic carbocycles. The van der Waals surface area contributed by atoms with Crippen molar-refractivity contribution in [2.24, 2.45) is 5.92 Å². The molecule has 1 saturated heterocycles. The first-order chi connectivity index (χ1) is 9.71. The molecule has 0 spiro atoms. The third-order valence-corrected chi connectivity index (χ3v) is 3.25. The fourth-order valence-corrected chi connectivity index (χ4v) is 2.30. The molecule has 2 N–H and O–H groups in total. The van der Waals surface area contributed by atoms with Gasteiger partial charge in [-0.1, -0.05) is 13.8 Å². The van der Waals surface area contributed by atoms with E-state index in [-0.39, 0.29) is 30.6 Å². The number of aromatic nitrogens is 2. The number of halogens is 3. The van der Waals surface area contributed by atoms with Gasteiger partial charge >= 0.3 is 6.18 Å². The number of hydrogen-bond donors (Lipinski definition) is 2. The Morgan fingerprint density at radius 2 is 2.14 bits per heavy atom. The van der Waals surface area contributed by atoms with Gasteiger partial charge in [-0.3, -0.25) is 14.7 Å². The van der Waals surface area contributed by atoms with Crippen molar-refractivity contribution in [1.29, 1.82) is 0 Å². The molecule has 0 radical (unpaired) electrons. The van der Waals surface area contributed by atoms with Crippen LogP contribution in [0.3, 0.4) is 0 Å². The molecule has 2 heterocycles. The van der Waals surface area contributed by atoms with Crippen LogP contribution in [0.1, 0.15) is 30.0 Å². The van der Waals surface area contributed by atoms with Gasteiger partial charge in [0.2, 0.25) is 5.91 Å². The molecule has 0 aromatic carbocycles. The first-order valence-electron chi connectivity index (χ1n) is 6.43. The van der Waals surface area contributed by atoms with Crippen molar-refractivity contribution in [3.63, 3.8) is 0 Å². The summed E-state index contributed by atoms with van der Waals surface area (Å²) in [6.45, 7) is 4.04. The third kappa shape index (κ3) is 3.01. The molecule has 1 aromatic rings. The molecule has 6 nitrogen and oxygen atoms in total. The van der Waals surface area contributed by atoms with Crippen LogP contribution >= 0.6 is 0 Å². The largest absolute Gasteiger partial charge is 0.432 e. The summed E-state index contributed by atoms with van der Waals surface area (Å²) in [7, 11) is 0. The maximum atomic E-state index is 12.5. The van der Waals surface area contributed by atoms with Crippen LogP contribution in [0.4, 0.5) is 13.2 Å². The lowest BCUT2D eigenvalue weighted by molar-refractivity contribution is -0.141. The molecular formula is C12H15F3N4O2. The Labute approximate surface area is 118 Å². The summed E-state index contributed by atoms with van der Waals surface area (Å²) in [6.07, 6.45) is -4.59. The topological polar surface area (TPSA) is 78.1 Å². The summed E-state index contributed by atoms with van der Waals surface area (Å²) in [5.41, 5.74) is -1.43. The van der Waals surface area contributed by atoms with Crippen molar-refractivity contribution in [3.8, 4) is 0 Å². The van der Waals surface area contributed by atoms with Crippen LogP contribution in [0.15, 0.2) is 6.07 Å². The van der Waals surface area contributed by atoms with Gasteiger partial charge in [0.15, 0.2) is 5.69 Å². The first-order valence-corrected chi connectivity index (χ1v) is 6.43. The monoisotopic (exact) mass is 304 g/mol. The zero-order valence-corrected chi connectivity index (χ0v) is 11.5. The van der Waals surface area contributed by atoms with Crippen molar-refractivity contribution >= 4 is 11.8 Å². The van der Waals surface area contributed by atoms with Gasteiger partial charge in [-0.05, 0) is 5.92 Å². The van der Waals surface area contributed by atoms with Gasteiger partial charge in [0.25, 0.3) is 5.91 Å². The number of carbonyl (C=O) groups excluding carboxylic acids is 2. The maximum absolute atomic E-state index is 12.5. The van der Waals surface area contributed by atoms with Gasteiger partial charge in [-0.15, -0.1) is 0 Å². The third-order valence-electron chi connectivity index (χ3n) is 3.25. The lowest BCUT2D eigenvalue weighted by atomic mass is 9.99. The number of nitrogens with one attached hydrogen (secondary N) is 2. The minimum atomic E-state index is -4.59. The number of rotatable bonds is 2. The van der Waals surface area contributed by atoms with E-state index in [2.05, 4.69) is 10.4 Å². The number of aromatic amines is 1. The van der Waals surface area contributed by atoms with Crippen molar-refractivity contribution in [1.82, 2.24) is 20.4 Å². The number of piperazine rings is 1. The molecule has 0 bridgehead atoms. The van der Waals surface area contributed by atoms with E-state index in [9.17, 15) is 22.8 Å². The molecule has 1 aromatic heterocycles. The number of H-pyrrole nitrogens is 1. The fourth-order valence-electron chi connectivity index (χ4n) is 2.30. The zero-order chi connectivity index (χ0) is 15.8. The Morgan fingerprint density at radius 3 is 2.67 bits per heavy atom. The summed E-state index contributed by atoms with van der Waals surface area (Å²) < 4.78 is 37.5. The van der Waals surface area contributed by atoms with Crippen molar-refractivity contribution in [3.05, 3.63) is 17.5 Å². The van der Waals surface area contributed by atoms with Gasteiger partial charge in [0.05, 0.1) is 0 Å². The Kier molecular flexibility index (Phi) is 3.93. The predicted octanol–water partition coefficient (Wildman–Crippen LogP) is 1.03. The molecule has 2 amide bonds. The number of amides is 2. The Hall–Kier alpha value is -2.06. The highest BCUT2D eigenvalue weighted by atomic mass is 19.4. The average molecular weight is 304 g/mol. The van der Waals surface area contributed by atoms with Crippen molar-refractivity contribution < 1.29 is 22.8 Å². The second kappa shape index (κ2) is 5.38. The van der Waals surface area contributed by atoms with E-state index in [1.807, 2.05) is 0 Å². The lowest BCUT2D eigenvalue weighted by Crippen LogP contribution is -2.59. The van der Waals surface area contributed by atoms with Crippen molar-refractivity contribution in [2.45, 2.75) is 26.1 Å². The molecule has 1 unspecified atom stereocenters. The minimum absolute atomic E-state index is 0.157. The molecule has 1 atom stereocenters. The second-order valence-electron chi connectivity index (χ2n) is 5.14. The Balaban J connectivity index is 2.25. The van der Waals surface area contributed by atoms with Gasteiger partial charge < -0.3 is 10.2 Å². The van der Waals surface area contributed by atoms with Crippen LogP contribution < -0.4 is 5.32 Å². The highest BCUT2D eigenvalue weighted by Gasteiger charge is 2.38. The summed E-state index contributed by atoms with van der Waals surface area (Å²) in [4.78, 5) is 25.4. The average Bonchev–Trinajstić information content (AvgIpc) is 2.86. The van der Waals surface area contributed by atoms with Crippen LogP contribution in [0.2, 0.25) is 0 Å². The summed E-state index contributed by atoms with van der Waals surface area (Å²) in [5.74, 6) is -1.15. The standard InChI is InChI=1S/C12H15F3N4O2/c1-6(2)9-10(20)16-3-4-19(9)11(21)7-5-8(18-17-7)12(13,14)15/h5-6,9H,3-4H2,1-2H3,(H,16,20)(H,17,18). The summed E-state index contributed by atoms with van der Waals surface area (Å²) in [5, 5.41) is 7.84. The molecular weight excluding hydrogens is 289 g/mol. The number of hydrogen-bond acceptors (Lipinski definition) is 3. The van der Waals surface area contributed by atoms with E-state index in [1.165, 1.54) is 4.90 Å². The van der Waals surface area contributed by atoms with Gasteiger partial charge in [0.1, 0.15) is 11.7 Å². The molecule has 1 fully saturated rings.